The van der Waals surface area contributed by atoms with Crippen molar-refractivity contribution in [1.29, 1.82) is 0 Å². The summed E-state index contributed by atoms with van der Waals surface area (Å²) in [5.74, 6) is 1.40. The molecule has 3 unspecified atom stereocenters. The Morgan fingerprint density at radius 3 is 2.36 bits per heavy atom. The molecule has 0 spiro atoms. The molecule has 1 aliphatic carbocycles. The third kappa shape index (κ3) is 12.3. The van der Waals surface area contributed by atoms with Gasteiger partial charge in [-0.05, 0) is 50.5 Å². The summed E-state index contributed by atoms with van der Waals surface area (Å²) in [6.07, 6.45) is 12.2. The Bertz CT molecular complexity index is 387. The predicted octanol–water partition coefficient (Wildman–Crippen LogP) is 5.08. The van der Waals surface area contributed by atoms with Crippen LogP contribution in [-0.4, -0.2) is 36.2 Å². The average molecular weight is 419 g/mol. The molecule has 0 aliphatic heterocycles. The highest BCUT2D eigenvalue weighted by molar-refractivity contribution is 5.85. The number of amides is 1. The summed E-state index contributed by atoms with van der Waals surface area (Å²) in [4.78, 5) is 12.3. The van der Waals surface area contributed by atoms with E-state index in [1.54, 1.807) is 0 Å². The molecule has 4 nitrogen and oxygen atoms in total. The van der Waals surface area contributed by atoms with Crippen LogP contribution in [0.3, 0.4) is 0 Å². The largest absolute Gasteiger partial charge is 0.391 e. The van der Waals surface area contributed by atoms with Crippen LogP contribution in [0.4, 0.5) is 0 Å². The van der Waals surface area contributed by atoms with Crippen LogP contribution in [0.2, 0.25) is 0 Å². The summed E-state index contributed by atoms with van der Waals surface area (Å²) in [5.41, 5.74) is 0. The van der Waals surface area contributed by atoms with Gasteiger partial charge < -0.3 is 15.7 Å². The lowest BCUT2D eigenvalue weighted by atomic mass is 9.82. The van der Waals surface area contributed by atoms with E-state index in [4.69, 9.17) is 0 Å². The molecule has 0 aromatic rings. The van der Waals surface area contributed by atoms with Gasteiger partial charge in [0, 0.05) is 18.5 Å². The molecule has 1 rings (SSSR count). The fourth-order valence-corrected chi connectivity index (χ4v) is 4.15. The third-order valence-electron chi connectivity index (χ3n) is 6.01. The second-order valence-corrected chi connectivity index (χ2v) is 9.19. The summed E-state index contributed by atoms with van der Waals surface area (Å²) in [6.45, 7) is 10.3. The topological polar surface area (TPSA) is 61.4 Å². The molecule has 0 saturated heterocycles. The van der Waals surface area contributed by atoms with Gasteiger partial charge in [0.15, 0.2) is 0 Å². The highest BCUT2D eigenvalue weighted by Crippen LogP contribution is 2.29. The van der Waals surface area contributed by atoms with Crippen LogP contribution in [-0.2, 0) is 4.79 Å². The lowest BCUT2D eigenvalue weighted by Crippen LogP contribution is -2.44. The second-order valence-electron chi connectivity index (χ2n) is 9.19. The molecular weight excluding hydrogens is 372 g/mol. The van der Waals surface area contributed by atoms with Gasteiger partial charge in [-0.25, -0.2) is 0 Å². The first-order valence-electron chi connectivity index (χ1n) is 11.6. The van der Waals surface area contributed by atoms with Crippen molar-refractivity contribution in [1.82, 2.24) is 10.6 Å². The number of hydrogen-bond donors (Lipinski definition) is 3. The van der Waals surface area contributed by atoms with E-state index in [1.165, 1.54) is 38.5 Å². The Labute approximate surface area is 180 Å². The number of rotatable bonds is 14. The van der Waals surface area contributed by atoms with Crippen LogP contribution in [0.15, 0.2) is 0 Å². The third-order valence-corrected chi connectivity index (χ3v) is 6.01. The quantitative estimate of drug-likeness (QED) is 0.345. The molecule has 3 N–H and O–H groups in total. The van der Waals surface area contributed by atoms with Crippen molar-refractivity contribution >= 4 is 18.3 Å². The zero-order valence-electron chi connectivity index (χ0n) is 18.8. The summed E-state index contributed by atoms with van der Waals surface area (Å²) in [6, 6.07) is 0.117. The Hall–Kier alpha value is -0.320. The van der Waals surface area contributed by atoms with Gasteiger partial charge in [0.1, 0.15) is 0 Å². The first-order chi connectivity index (χ1) is 12.9. The maximum Gasteiger partial charge on any atom is 0.222 e. The Morgan fingerprint density at radius 1 is 1.07 bits per heavy atom. The highest BCUT2D eigenvalue weighted by Gasteiger charge is 2.27. The number of aliphatic hydroxyl groups excluding tert-OH is 1. The van der Waals surface area contributed by atoms with E-state index in [0.29, 0.717) is 6.42 Å². The number of nitrogens with one attached hydrogen (secondary N) is 2. The van der Waals surface area contributed by atoms with Crippen molar-refractivity contribution < 1.29 is 9.90 Å². The smallest absolute Gasteiger partial charge is 0.222 e. The molecule has 3 atom stereocenters. The molecule has 0 aromatic carbocycles. The lowest BCUT2D eigenvalue weighted by molar-refractivity contribution is -0.125. The Morgan fingerprint density at radius 2 is 1.75 bits per heavy atom. The molecule has 0 bridgehead atoms. The molecule has 1 saturated carbocycles. The van der Waals surface area contributed by atoms with Gasteiger partial charge in [-0.2, -0.15) is 0 Å². The van der Waals surface area contributed by atoms with Crippen LogP contribution in [0.25, 0.3) is 0 Å². The minimum Gasteiger partial charge on any atom is -0.391 e. The molecule has 0 aromatic heterocycles. The number of carbonyl (C=O) groups excluding carboxylic acids is 1. The first kappa shape index (κ1) is 27.7. The fourth-order valence-electron chi connectivity index (χ4n) is 4.15. The molecule has 168 valence electrons. The number of aliphatic hydroxyl groups is 1. The van der Waals surface area contributed by atoms with Gasteiger partial charge in [-0.3, -0.25) is 4.79 Å². The summed E-state index contributed by atoms with van der Waals surface area (Å²) >= 11 is 0. The van der Waals surface area contributed by atoms with E-state index in [0.717, 1.165) is 50.6 Å². The van der Waals surface area contributed by atoms with Crippen LogP contribution >= 0.6 is 12.4 Å². The van der Waals surface area contributed by atoms with E-state index in [-0.39, 0.29) is 30.3 Å². The number of halogens is 1. The molecule has 28 heavy (non-hydrogen) atoms. The van der Waals surface area contributed by atoms with Crippen LogP contribution in [0.5, 0.6) is 0 Å². The molecule has 5 heteroatoms. The standard InChI is InChI=1S/C23H46N2O2.ClH/c1-5-6-14-25-23(27)19(4)16-22(26)21(24-15-10-11-18(2)3)17-20-12-8-7-9-13-20;/h18-22,24,26H,5-17H2,1-4H3,(H,25,27);1H. The van der Waals surface area contributed by atoms with Crippen molar-refractivity contribution in [3.05, 3.63) is 0 Å². The van der Waals surface area contributed by atoms with Crippen molar-refractivity contribution in [3.8, 4) is 0 Å². The average Bonchev–Trinajstić information content (AvgIpc) is 2.64. The van der Waals surface area contributed by atoms with Crippen molar-refractivity contribution in [3.63, 3.8) is 0 Å². The van der Waals surface area contributed by atoms with Gasteiger partial charge >= 0.3 is 0 Å². The number of unbranched alkanes of at least 4 members (excludes halogenated alkanes) is 1. The van der Waals surface area contributed by atoms with Gasteiger partial charge in [0.05, 0.1) is 6.10 Å². The second kappa shape index (κ2) is 16.5. The van der Waals surface area contributed by atoms with Crippen LogP contribution in [0, 0.1) is 17.8 Å². The number of carbonyl (C=O) groups is 1. The van der Waals surface area contributed by atoms with Gasteiger partial charge in [-0.15, -0.1) is 12.4 Å². The SMILES string of the molecule is CCCCNC(=O)C(C)CC(O)C(CC1CCCCC1)NCCCC(C)C.Cl. The lowest BCUT2D eigenvalue weighted by Gasteiger charge is -2.31. The van der Waals surface area contributed by atoms with Gasteiger partial charge in [0.25, 0.3) is 0 Å². The minimum atomic E-state index is -0.446. The maximum absolute atomic E-state index is 12.3. The van der Waals surface area contributed by atoms with E-state index >= 15 is 0 Å². The molecule has 0 radical (unpaired) electrons. The van der Waals surface area contributed by atoms with E-state index in [9.17, 15) is 9.90 Å². The van der Waals surface area contributed by atoms with E-state index < -0.39 is 6.10 Å². The summed E-state index contributed by atoms with van der Waals surface area (Å²) in [5, 5.41) is 17.5. The van der Waals surface area contributed by atoms with Crippen LogP contribution in [0.1, 0.15) is 98.3 Å². The summed E-state index contributed by atoms with van der Waals surface area (Å²) < 4.78 is 0. The van der Waals surface area contributed by atoms with Crippen molar-refractivity contribution in [2.75, 3.05) is 13.1 Å². The zero-order chi connectivity index (χ0) is 20.1. The maximum atomic E-state index is 12.3. The fraction of sp³-hybridized carbons (Fsp3) is 0.957. The minimum absolute atomic E-state index is 0. The molecule has 1 aliphatic rings. The molecule has 1 fully saturated rings. The first-order valence-corrected chi connectivity index (χ1v) is 11.6. The molecule has 0 heterocycles. The van der Waals surface area contributed by atoms with Gasteiger partial charge in [-0.1, -0.05) is 66.2 Å². The van der Waals surface area contributed by atoms with Crippen molar-refractivity contribution in [2.24, 2.45) is 17.8 Å². The Kier molecular flexibility index (Phi) is 16.3. The zero-order valence-corrected chi connectivity index (χ0v) is 19.7. The van der Waals surface area contributed by atoms with Gasteiger partial charge in [0.2, 0.25) is 5.91 Å². The Balaban J connectivity index is 0.00000729. The molecular formula is C23H47ClN2O2. The predicted molar refractivity (Wildman–Crippen MR) is 122 cm³/mol. The van der Waals surface area contributed by atoms with E-state index in [1.807, 2.05) is 6.92 Å². The van der Waals surface area contributed by atoms with E-state index in [2.05, 4.69) is 31.4 Å². The normalized spacial score (nSPS) is 18.4. The van der Waals surface area contributed by atoms with Crippen LogP contribution < -0.4 is 10.6 Å². The number of hydrogen-bond acceptors (Lipinski definition) is 3. The van der Waals surface area contributed by atoms with Crippen molar-refractivity contribution in [2.45, 2.75) is 110 Å². The molecule has 1 amide bonds. The summed E-state index contributed by atoms with van der Waals surface area (Å²) in [7, 11) is 0. The monoisotopic (exact) mass is 418 g/mol. The highest BCUT2D eigenvalue weighted by atomic mass is 35.5.